The van der Waals surface area contributed by atoms with Crippen LogP contribution in [-0.4, -0.2) is 48.1 Å². The fourth-order valence-electron chi connectivity index (χ4n) is 4.67. The number of amidine groups is 1. The summed E-state index contributed by atoms with van der Waals surface area (Å²) in [6, 6.07) is 0.0987. The third-order valence-corrected chi connectivity index (χ3v) is 6.83. The van der Waals surface area contributed by atoms with Crippen LogP contribution < -0.4 is 9.62 Å². The maximum atomic E-state index is 14.3. The van der Waals surface area contributed by atoms with Crippen LogP contribution in [-0.2, 0) is 0 Å². The first-order valence-corrected chi connectivity index (χ1v) is 10.1. The second-order valence-electron chi connectivity index (χ2n) is 7.69. The van der Waals surface area contributed by atoms with E-state index in [1.165, 1.54) is 29.0 Å². The molecule has 3 heterocycles. The molecule has 1 aromatic rings. The zero-order valence-electron chi connectivity index (χ0n) is 14.8. The lowest BCUT2D eigenvalue weighted by Crippen LogP contribution is -2.59. The summed E-state index contributed by atoms with van der Waals surface area (Å²) in [6.07, 6.45) is -1.87. The highest BCUT2D eigenvalue weighted by Crippen LogP contribution is 2.51. The molecule has 146 valence electrons. The Labute approximate surface area is 159 Å². The van der Waals surface area contributed by atoms with Crippen molar-refractivity contribution in [3.63, 3.8) is 0 Å². The summed E-state index contributed by atoms with van der Waals surface area (Å²) < 4.78 is 59.4. The van der Waals surface area contributed by atoms with Gasteiger partial charge in [0.05, 0.1) is 10.6 Å². The molecule has 3 aliphatic heterocycles. The fraction of sp³-hybridized carbons (Fsp3) is 0.611. The van der Waals surface area contributed by atoms with Crippen molar-refractivity contribution < 1.29 is 17.6 Å². The highest BCUT2D eigenvalue weighted by Gasteiger charge is 2.60. The van der Waals surface area contributed by atoms with Crippen LogP contribution in [0.25, 0.3) is 0 Å². The zero-order valence-corrected chi connectivity index (χ0v) is 15.6. The maximum Gasteiger partial charge on any atom is 0.410 e. The Morgan fingerprint density at radius 2 is 2.07 bits per heavy atom. The van der Waals surface area contributed by atoms with E-state index in [2.05, 4.69) is 9.71 Å². The average Bonchev–Trinajstić information content (AvgIpc) is 3.29. The average molecular weight is 400 g/mol. The number of halogens is 4. The van der Waals surface area contributed by atoms with E-state index in [9.17, 15) is 17.6 Å². The second kappa shape index (κ2) is 6.01. The smallest absolute Gasteiger partial charge is 0.352 e. The molecule has 1 aliphatic carbocycles. The van der Waals surface area contributed by atoms with E-state index in [0.717, 1.165) is 18.7 Å². The van der Waals surface area contributed by atoms with Gasteiger partial charge >= 0.3 is 6.18 Å². The number of likely N-dealkylation sites (N-methyl/N-ethyl adjacent to an activating group) is 1. The van der Waals surface area contributed by atoms with Crippen molar-refractivity contribution in [2.24, 2.45) is 10.9 Å². The normalized spacial score (nSPS) is 30.3. The van der Waals surface area contributed by atoms with Gasteiger partial charge < -0.3 is 9.62 Å². The molecule has 1 aromatic carbocycles. The topological polar surface area (TPSA) is 30.9 Å². The Hall–Kier alpha value is -1.48. The van der Waals surface area contributed by atoms with E-state index < -0.39 is 24.1 Å². The van der Waals surface area contributed by atoms with E-state index in [-0.39, 0.29) is 11.7 Å². The molecule has 2 saturated heterocycles. The Morgan fingerprint density at radius 3 is 2.74 bits per heavy atom. The molecule has 0 aromatic heterocycles. The van der Waals surface area contributed by atoms with Crippen LogP contribution in [0.1, 0.15) is 26.2 Å². The van der Waals surface area contributed by atoms with Crippen LogP contribution >= 0.6 is 11.9 Å². The Balaban J connectivity index is 1.61. The van der Waals surface area contributed by atoms with Crippen molar-refractivity contribution in [1.29, 1.82) is 0 Å². The van der Waals surface area contributed by atoms with Gasteiger partial charge in [0, 0.05) is 24.5 Å². The molecular formula is C18H20F4N4S. The molecule has 3 atom stereocenters. The molecule has 4 nitrogen and oxygen atoms in total. The molecule has 4 aliphatic rings. The number of hydrogen-bond acceptors (Lipinski definition) is 5. The number of anilines is 1. The quantitative estimate of drug-likeness (QED) is 0.612. The zero-order chi connectivity index (χ0) is 18.9. The minimum Gasteiger partial charge on any atom is -0.352 e. The fourth-order valence-corrected chi connectivity index (χ4v) is 5.51. The predicted molar refractivity (Wildman–Crippen MR) is 97.0 cm³/mol. The number of nitrogens with zero attached hydrogens (tertiary/aromatic N) is 3. The summed E-state index contributed by atoms with van der Waals surface area (Å²) in [7, 11) is 0. The number of benzene rings is 1. The van der Waals surface area contributed by atoms with Gasteiger partial charge in [-0.15, -0.1) is 0 Å². The summed E-state index contributed by atoms with van der Waals surface area (Å²) in [5, 5.41) is 0. The van der Waals surface area contributed by atoms with Crippen molar-refractivity contribution in [3.05, 3.63) is 17.9 Å². The SMILES string of the molecule is CCN1C[C@@H]2C[C@H]1[C@@H](C(F)(F)F)N2c1cc(F)cc2c1N=C(C1CC1)NS2. The molecule has 9 heteroatoms. The number of alkyl halides is 3. The molecule has 0 unspecified atom stereocenters. The van der Waals surface area contributed by atoms with Crippen molar-refractivity contribution in [3.8, 4) is 0 Å². The molecule has 3 fully saturated rings. The second-order valence-corrected chi connectivity index (χ2v) is 8.53. The highest BCUT2D eigenvalue weighted by molar-refractivity contribution is 7.98. The standard InChI is InChI=1S/C18H20F4N4S/c1-2-25-8-11-7-13(25)16(18(20,21)22)26(11)12-5-10(19)6-14-15(12)23-17(24-27-14)9-3-4-9/h5-6,9,11,13,16H,2-4,7-8H2,1H3,(H,23,24)/t11-,13-,16-/m0/s1. The first-order chi connectivity index (χ1) is 12.9. The Morgan fingerprint density at radius 1 is 1.30 bits per heavy atom. The van der Waals surface area contributed by atoms with E-state index in [1.54, 1.807) is 0 Å². The lowest BCUT2D eigenvalue weighted by molar-refractivity contribution is -0.160. The molecular weight excluding hydrogens is 380 g/mol. The Bertz CT molecular complexity index is 807. The summed E-state index contributed by atoms with van der Waals surface area (Å²) in [6.45, 7) is 3.05. The van der Waals surface area contributed by atoms with Gasteiger partial charge in [-0.05, 0) is 49.9 Å². The minimum atomic E-state index is -4.38. The molecule has 2 bridgehead atoms. The molecule has 1 N–H and O–H groups in total. The Kier molecular flexibility index (Phi) is 3.92. The predicted octanol–water partition coefficient (Wildman–Crippen LogP) is 4.09. The van der Waals surface area contributed by atoms with Crippen molar-refractivity contribution >= 4 is 29.2 Å². The first-order valence-electron chi connectivity index (χ1n) is 9.31. The number of likely N-dealkylation sites (tertiary alicyclic amines) is 1. The molecule has 0 radical (unpaired) electrons. The van der Waals surface area contributed by atoms with Gasteiger partial charge in [0.25, 0.3) is 0 Å². The molecule has 0 amide bonds. The lowest BCUT2D eigenvalue weighted by Gasteiger charge is -2.43. The third kappa shape index (κ3) is 2.81. The number of hydrogen-bond donors (Lipinski definition) is 1. The summed E-state index contributed by atoms with van der Waals surface area (Å²) in [4.78, 5) is 8.46. The van der Waals surface area contributed by atoms with E-state index >= 15 is 0 Å². The van der Waals surface area contributed by atoms with Crippen molar-refractivity contribution in [2.75, 3.05) is 18.0 Å². The number of rotatable bonds is 3. The third-order valence-electron chi connectivity index (χ3n) is 5.99. The van der Waals surface area contributed by atoms with Gasteiger partial charge in [-0.2, -0.15) is 13.2 Å². The highest BCUT2D eigenvalue weighted by atomic mass is 32.2. The monoisotopic (exact) mass is 400 g/mol. The van der Waals surface area contributed by atoms with Crippen LogP contribution in [0.4, 0.5) is 28.9 Å². The van der Waals surface area contributed by atoms with Crippen molar-refractivity contribution in [2.45, 2.75) is 55.4 Å². The number of aliphatic imine (C=N–C) groups is 1. The van der Waals surface area contributed by atoms with Crippen LogP contribution in [0, 0.1) is 11.7 Å². The van der Waals surface area contributed by atoms with Gasteiger partial charge in [0.1, 0.15) is 23.4 Å². The lowest BCUT2D eigenvalue weighted by atomic mass is 10.1. The van der Waals surface area contributed by atoms with E-state index in [4.69, 9.17) is 0 Å². The van der Waals surface area contributed by atoms with Gasteiger partial charge in [0.2, 0.25) is 0 Å². The summed E-state index contributed by atoms with van der Waals surface area (Å²) in [5.74, 6) is 0.607. The maximum absolute atomic E-state index is 14.3. The molecule has 0 spiro atoms. The molecule has 5 rings (SSSR count). The number of fused-ring (bicyclic) bond motifs is 3. The number of piperazine rings is 1. The molecule has 27 heavy (non-hydrogen) atoms. The first kappa shape index (κ1) is 17.6. The van der Waals surface area contributed by atoms with Crippen LogP contribution in [0.3, 0.4) is 0 Å². The van der Waals surface area contributed by atoms with Gasteiger partial charge in [-0.3, -0.25) is 4.90 Å². The minimum absolute atomic E-state index is 0.271. The summed E-state index contributed by atoms with van der Waals surface area (Å²) in [5.41, 5.74) is 0.759. The van der Waals surface area contributed by atoms with Crippen LogP contribution in [0.2, 0.25) is 0 Å². The van der Waals surface area contributed by atoms with Crippen molar-refractivity contribution in [1.82, 2.24) is 9.62 Å². The van der Waals surface area contributed by atoms with Crippen LogP contribution in [0.5, 0.6) is 0 Å². The van der Waals surface area contributed by atoms with Crippen LogP contribution in [0.15, 0.2) is 22.0 Å². The van der Waals surface area contributed by atoms with E-state index in [0.29, 0.717) is 36.0 Å². The number of nitrogens with one attached hydrogen (secondary N) is 1. The van der Waals surface area contributed by atoms with Gasteiger partial charge in [-0.1, -0.05) is 6.92 Å². The van der Waals surface area contributed by atoms with E-state index in [1.807, 2.05) is 11.8 Å². The molecule has 1 saturated carbocycles. The largest absolute Gasteiger partial charge is 0.410 e. The van der Waals surface area contributed by atoms with Gasteiger partial charge in [0.15, 0.2) is 0 Å². The summed E-state index contributed by atoms with van der Waals surface area (Å²) >= 11 is 1.25. The van der Waals surface area contributed by atoms with Gasteiger partial charge in [-0.25, -0.2) is 9.38 Å².